The second-order valence-corrected chi connectivity index (χ2v) is 7.03. The van der Waals surface area contributed by atoms with E-state index >= 15 is 0 Å². The molecule has 1 saturated carbocycles. The molecule has 1 aliphatic carbocycles. The SMILES string of the molecule is CCC1CCCCC1C(NN)c1cc(Cl)ccc1I. The first-order valence-electron chi connectivity index (χ1n) is 7.08. The van der Waals surface area contributed by atoms with E-state index in [0.717, 1.165) is 10.9 Å². The number of nitrogens with one attached hydrogen (secondary N) is 1. The largest absolute Gasteiger partial charge is 0.271 e. The van der Waals surface area contributed by atoms with E-state index in [0.29, 0.717) is 5.92 Å². The van der Waals surface area contributed by atoms with Gasteiger partial charge in [-0.2, -0.15) is 0 Å². The summed E-state index contributed by atoms with van der Waals surface area (Å²) in [6.45, 7) is 2.29. The molecule has 0 radical (unpaired) electrons. The van der Waals surface area contributed by atoms with Crippen LogP contribution in [0.5, 0.6) is 0 Å². The number of halogens is 2. The predicted octanol–water partition coefficient (Wildman–Crippen LogP) is 4.67. The third-order valence-corrected chi connectivity index (χ3v) is 5.61. The molecule has 0 heterocycles. The van der Waals surface area contributed by atoms with Crippen molar-refractivity contribution in [1.29, 1.82) is 0 Å². The van der Waals surface area contributed by atoms with Crippen molar-refractivity contribution in [1.82, 2.24) is 5.43 Å². The van der Waals surface area contributed by atoms with Crippen LogP contribution in [0.25, 0.3) is 0 Å². The first-order valence-corrected chi connectivity index (χ1v) is 8.54. The van der Waals surface area contributed by atoms with Crippen LogP contribution in [0.3, 0.4) is 0 Å². The van der Waals surface area contributed by atoms with E-state index in [2.05, 4.69) is 47.1 Å². The molecule has 2 rings (SSSR count). The van der Waals surface area contributed by atoms with E-state index in [1.807, 2.05) is 6.07 Å². The van der Waals surface area contributed by atoms with Crippen molar-refractivity contribution in [2.75, 3.05) is 0 Å². The van der Waals surface area contributed by atoms with Gasteiger partial charge in [0.1, 0.15) is 0 Å². The average molecular weight is 393 g/mol. The molecule has 0 aliphatic heterocycles. The summed E-state index contributed by atoms with van der Waals surface area (Å²) in [4.78, 5) is 0. The molecule has 0 aromatic heterocycles. The third-order valence-electron chi connectivity index (χ3n) is 4.39. The monoisotopic (exact) mass is 392 g/mol. The molecule has 4 heteroatoms. The van der Waals surface area contributed by atoms with E-state index < -0.39 is 0 Å². The Kier molecular flexibility index (Phi) is 5.93. The van der Waals surface area contributed by atoms with E-state index in [-0.39, 0.29) is 6.04 Å². The Morgan fingerprint density at radius 2 is 2.16 bits per heavy atom. The third kappa shape index (κ3) is 3.63. The van der Waals surface area contributed by atoms with Crippen molar-refractivity contribution in [3.05, 3.63) is 32.4 Å². The normalized spacial score (nSPS) is 25.3. The summed E-state index contributed by atoms with van der Waals surface area (Å²) in [7, 11) is 0. The van der Waals surface area contributed by atoms with Gasteiger partial charge in [0.25, 0.3) is 0 Å². The lowest BCUT2D eigenvalue weighted by Gasteiger charge is -2.37. The molecule has 1 fully saturated rings. The summed E-state index contributed by atoms with van der Waals surface area (Å²) >= 11 is 8.53. The molecular weight excluding hydrogens is 371 g/mol. The van der Waals surface area contributed by atoms with Crippen LogP contribution in [-0.4, -0.2) is 0 Å². The Bertz CT molecular complexity index is 425. The van der Waals surface area contributed by atoms with Gasteiger partial charge in [-0.05, 0) is 64.6 Å². The highest BCUT2D eigenvalue weighted by Gasteiger charge is 2.32. The van der Waals surface area contributed by atoms with E-state index in [1.165, 1.54) is 41.2 Å². The maximum Gasteiger partial charge on any atom is 0.0501 e. The van der Waals surface area contributed by atoms with Crippen LogP contribution in [0, 0.1) is 15.4 Å². The van der Waals surface area contributed by atoms with Crippen LogP contribution in [-0.2, 0) is 0 Å². The molecule has 1 aliphatic rings. The van der Waals surface area contributed by atoms with Gasteiger partial charge in [0, 0.05) is 8.59 Å². The Morgan fingerprint density at radius 1 is 1.42 bits per heavy atom. The van der Waals surface area contributed by atoms with Crippen molar-refractivity contribution >= 4 is 34.2 Å². The Labute approximate surface area is 134 Å². The summed E-state index contributed by atoms with van der Waals surface area (Å²) < 4.78 is 1.24. The summed E-state index contributed by atoms with van der Waals surface area (Å²) in [6.07, 6.45) is 6.50. The van der Waals surface area contributed by atoms with E-state index in [9.17, 15) is 0 Å². The minimum atomic E-state index is 0.218. The van der Waals surface area contributed by atoms with Crippen LogP contribution < -0.4 is 11.3 Å². The van der Waals surface area contributed by atoms with Gasteiger partial charge >= 0.3 is 0 Å². The van der Waals surface area contributed by atoms with Gasteiger partial charge in [-0.25, -0.2) is 0 Å². The Morgan fingerprint density at radius 3 is 2.84 bits per heavy atom. The van der Waals surface area contributed by atoms with Crippen molar-refractivity contribution in [2.45, 2.75) is 45.1 Å². The molecule has 106 valence electrons. The fraction of sp³-hybridized carbons (Fsp3) is 0.600. The highest BCUT2D eigenvalue weighted by atomic mass is 127. The predicted molar refractivity (Wildman–Crippen MR) is 90.0 cm³/mol. The zero-order valence-corrected chi connectivity index (χ0v) is 14.2. The van der Waals surface area contributed by atoms with Gasteiger partial charge in [-0.1, -0.05) is 44.2 Å². The van der Waals surface area contributed by atoms with Gasteiger partial charge in [-0.3, -0.25) is 11.3 Å². The molecule has 3 atom stereocenters. The highest BCUT2D eigenvalue weighted by molar-refractivity contribution is 14.1. The number of hydrogen-bond donors (Lipinski definition) is 2. The molecule has 0 spiro atoms. The van der Waals surface area contributed by atoms with Crippen LogP contribution in [0.1, 0.15) is 50.6 Å². The zero-order valence-electron chi connectivity index (χ0n) is 11.3. The second-order valence-electron chi connectivity index (χ2n) is 5.43. The molecule has 2 nitrogen and oxygen atoms in total. The number of hydrogen-bond acceptors (Lipinski definition) is 2. The molecule has 0 amide bonds. The molecule has 0 bridgehead atoms. The lowest BCUT2D eigenvalue weighted by molar-refractivity contribution is 0.175. The van der Waals surface area contributed by atoms with Crippen molar-refractivity contribution < 1.29 is 0 Å². The maximum absolute atomic E-state index is 6.16. The lowest BCUT2D eigenvalue weighted by atomic mass is 9.72. The second kappa shape index (κ2) is 7.25. The molecule has 1 aromatic rings. The summed E-state index contributed by atoms with van der Waals surface area (Å²) in [5.41, 5.74) is 4.31. The average Bonchev–Trinajstić information content (AvgIpc) is 2.44. The molecule has 3 unspecified atom stereocenters. The fourth-order valence-electron chi connectivity index (χ4n) is 3.38. The molecule has 3 N–H and O–H groups in total. The first kappa shape index (κ1) is 15.5. The first-order chi connectivity index (χ1) is 9.17. The summed E-state index contributed by atoms with van der Waals surface area (Å²) in [5.74, 6) is 7.26. The minimum absolute atomic E-state index is 0.218. The van der Waals surface area contributed by atoms with Gasteiger partial charge in [0.2, 0.25) is 0 Å². The highest BCUT2D eigenvalue weighted by Crippen LogP contribution is 2.41. The van der Waals surface area contributed by atoms with Gasteiger partial charge in [-0.15, -0.1) is 0 Å². The lowest BCUT2D eigenvalue weighted by Crippen LogP contribution is -2.38. The van der Waals surface area contributed by atoms with Gasteiger partial charge in [0.15, 0.2) is 0 Å². The van der Waals surface area contributed by atoms with Crippen molar-refractivity contribution in [3.63, 3.8) is 0 Å². The molecule has 1 aromatic carbocycles. The number of hydrazine groups is 1. The maximum atomic E-state index is 6.16. The molecular formula is C15H22ClIN2. The van der Waals surface area contributed by atoms with Gasteiger partial charge in [0.05, 0.1) is 6.04 Å². The quantitative estimate of drug-likeness (QED) is 0.444. The summed E-state index contributed by atoms with van der Waals surface area (Å²) in [6, 6.07) is 6.30. The van der Waals surface area contributed by atoms with E-state index in [4.69, 9.17) is 17.4 Å². The van der Waals surface area contributed by atoms with E-state index in [1.54, 1.807) is 0 Å². The standard InChI is InChI=1S/C15H22ClIN2/c1-2-10-5-3-4-6-12(10)15(19-18)13-9-11(16)7-8-14(13)17/h7-10,12,15,19H,2-6,18H2,1H3. The number of benzene rings is 1. The fourth-order valence-corrected chi connectivity index (χ4v) is 4.23. The summed E-state index contributed by atoms with van der Waals surface area (Å²) in [5, 5.41) is 0.791. The van der Waals surface area contributed by atoms with Gasteiger partial charge < -0.3 is 0 Å². The van der Waals surface area contributed by atoms with Crippen LogP contribution >= 0.6 is 34.2 Å². The Balaban J connectivity index is 2.29. The Hall–Kier alpha value is 0.160. The van der Waals surface area contributed by atoms with Crippen molar-refractivity contribution in [3.8, 4) is 0 Å². The van der Waals surface area contributed by atoms with Crippen LogP contribution in [0.2, 0.25) is 5.02 Å². The van der Waals surface area contributed by atoms with Crippen LogP contribution in [0.4, 0.5) is 0 Å². The zero-order chi connectivity index (χ0) is 13.8. The van der Waals surface area contributed by atoms with Crippen molar-refractivity contribution in [2.24, 2.45) is 17.7 Å². The minimum Gasteiger partial charge on any atom is -0.271 e. The molecule has 0 saturated heterocycles. The number of rotatable bonds is 4. The smallest absolute Gasteiger partial charge is 0.0501 e. The topological polar surface area (TPSA) is 38.0 Å². The number of nitrogens with two attached hydrogens (primary N) is 1. The van der Waals surface area contributed by atoms with Crippen LogP contribution in [0.15, 0.2) is 18.2 Å². The molecule has 19 heavy (non-hydrogen) atoms.